The lowest BCUT2D eigenvalue weighted by Gasteiger charge is -2.52. The van der Waals surface area contributed by atoms with Gasteiger partial charge in [0, 0.05) is 5.41 Å². The van der Waals surface area contributed by atoms with Crippen molar-refractivity contribution in [2.24, 2.45) is 11.1 Å². The second-order valence-electron chi connectivity index (χ2n) is 5.71. The van der Waals surface area contributed by atoms with Crippen LogP contribution in [0.25, 0.3) is 0 Å². The Bertz CT molecular complexity index is 376. The van der Waals surface area contributed by atoms with Gasteiger partial charge in [0.05, 0.1) is 13.2 Å². The van der Waals surface area contributed by atoms with E-state index in [-0.39, 0.29) is 10.8 Å². The molecule has 0 atom stereocenters. The topological polar surface area (TPSA) is 35.2 Å². The van der Waals surface area contributed by atoms with E-state index in [1.54, 1.807) is 0 Å². The van der Waals surface area contributed by atoms with Crippen molar-refractivity contribution in [3.05, 3.63) is 35.4 Å². The summed E-state index contributed by atoms with van der Waals surface area (Å²) in [5.74, 6) is 0. The molecule has 2 rings (SSSR count). The Hall–Kier alpha value is -0.860. The first-order chi connectivity index (χ1) is 8.05. The summed E-state index contributed by atoms with van der Waals surface area (Å²) in [6.45, 7) is 8.94. The molecule has 0 bridgehead atoms. The zero-order valence-electron chi connectivity index (χ0n) is 11.1. The van der Waals surface area contributed by atoms with Crippen LogP contribution < -0.4 is 5.73 Å². The fourth-order valence-corrected chi connectivity index (χ4v) is 2.51. The van der Waals surface area contributed by atoms with E-state index in [9.17, 15) is 0 Å². The number of hydrogen-bond acceptors (Lipinski definition) is 2. The number of ether oxygens (including phenoxy) is 1. The summed E-state index contributed by atoms with van der Waals surface area (Å²) < 4.78 is 5.48. The van der Waals surface area contributed by atoms with Crippen molar-refractivity contribution in [2.45, 2.75) is 32.6 Å². The molecule has 1 aromatic rings. The van der Waals surface area contributed by atoms with Gasteiger partial charge >= 0.3 is 0 Å². The van der Waals surface area contributed by atoms with E-state index in [1.165, 1.54) is 11.1 Å². The molecule has 2 nitrogen and oxygen atoms in total. The third kappa shape index (κ3) is 1.90. The second-order valence-corrected chi connectivity index (χ2v) is 5.71. The van der Waals surface area contributed by atoms with Crippen LogP contribution >= 0.6 is 0 Å². The van der Waals surface area contributed by atoms with Gasteiger partial charge in [0.2, 0.25) is 0 Å². The predicted octanol–water partition coefficient (Wildman–Crippen LogP) is 2.50. The highest BCUT2D eigenvalue weighted by atomic mass is 16.5. The SMILES string of the molecule is CCc1ccc(C2(C(C)(C)CN)COC2)cc1. The molecule has 1 aliphatic heterocycles. The van der Waals surface area contributed by atoms with E-state index in [1.807, 2.05) is 0 Å². The van der Waals surface area contributed by atoms with Crippen molar-refractivity contribution >= 4 is 0 Å². The first-order valence-electron chi connectivity index (χ1n) is 6.43. The normalized spacial score (nSPS) is 18.8. The lowest BCUT2D eigenvalue weighted by molar-refractivity contribution is -0.116. The molecule has 0 spiro atoms. The minimum atomic E-state index is 0.0823. The van der Waals surface area contributed by atoms with E-state index in [0.29, 0.717) is 6.54 Å². The van der Waals surface area contributed by atoms with Crippen LogP contribution in [0.4, 0.5) is 0 Å². The summed E-state index contributed by atoms with van der Waals surface area (Å²) >= 11 is 0. The molecule has 17 heavy (non-hydrogen) atoms. The molecule has 2 heteroatoms. The van der Waals surface area contributed by atoms with Gasteiger partial charge < -0.3 is 10.5 Å². The van der Waals surface area contributed by atoms with Gasteiger partial charge in [-0.15, -0.1) is 0 Å². The molecule has 94 valence electrons. The summed E-state index contributed by atoms with van der Waals surface area (Å²) in [4.78, 5) is 0. The second kappa shape index (κ2) is 4.43. The van der Waals surface area contributed by atoms with E-state index >= 15 is 0 Å². The van der Waals surface area contributed by atoms with E-state index < -0.39 is 0 Å². The van der Waals surface area contributed by atoms with Crippen molar-refractivity contribution in [1.29, 1.82) is 0 Å². The molecule has 1 saturated heterocycles. The fraction of sp³-hybridized carbons (Fsp3) is 0.600. The van der Waals surface area contributed by atoms with Crippen molar-refractivity contribution in [2.75, 3.05) is 19.8 Å². The summed E-state index contributed by atoms with van der Waals surface area (Å²) in [6, 6.07) is 8.95. The van der Waals surface area contributed by atoms with Crippen molar-refractivity contribution < 1.29 is 4.74 Å². The minimum absolute atomic E-state index is 0.0823. The lowest BCUT2D eigenvalue weighted by atomic mass is 9.60. The van der Waals surface area contributed by atoms with E-state index in [2.05, 4.69) is 45.0 Å². The van der Waals surface area contributed by atoms with Crippen LogP contribution in [0.2, 0.25) is 0 Å². The van der Waals surface area contributed by atoms with Gasteiger partial charge in [0.15, 0.2) is 0 Å². The van der Waals surface area contributed by atoms with Crippen LogP contribution in [0.15, 0.2) is 24.3 Å². The van der Waals surface area contributed by atoms with Crippen molar-refractivity contribution in [3.63, 3.8) is 0 Å². The Morgan fingerprint density at radius 2 is 1.82 bits per heavy atom. The summed E-state index contributed by atoms with van der Waals surface area (Å²) in [7, 11) is 0. The maximum absolute atomic E-state index is 5.94. The quantitative estimate of drug-likeness (QED) is 0.867. The monoisotopic (exact) mass is 233 g/mol. The number of nitrogens with two attached hydrogens (primary N) is 1. The smallest absolute Gasteiger partial charge is 0.0591 e. The molecule has 1 heterocycles. The maximum Gasteiger partial charge on any atom is 0.0591 e. The van der Waals surface area contributed by atoms with Gasteiger partial charge in [0.1, 0.15) is 0 Å². The van der Waals surface area contributed by atoms with Gasteiger partial charge in [0.25, 0.3) is 0 Å². The highest BCUT2D eigenvalue weighted by molar-refractivity contribution is 5.34. The van der Waals surface area contributed by atoms with Crippen LogP contribution in [-0.2, 0) is 16.6 Å². The highest BCUT2D eigenvalue weighted by Gasteiger charge is 2.51. The van der Waals surface area contributed by atoms with Gasteiger partial charge in [-0.2, -0.15) is 0 Å². The average molecular weight is 233 g/mol. The molecular formula is C15H23NO. The lowest BCUT2D eigenvalue weighted by Crippen LogP contribution is -2.59. The molecule has 1 aliphatic rings. The molecule has 0 aliphatic carbocycles. The minimum Gasteiger partial charge on any atom is -0.379 e. The average Bonchev–Trinajstić information content (AvgIpc) is 2.28. The van der Waals surface area contributed by atoms with E-state index in [4.69, 9.17) is 10.5 Å². The largest absolute Gasteiger partial charge is 0.379 e. The molecule has 1 aromatic carbocycles. The van der Waals surface area contributed by atoms with Gasteiger partial charge in [-0.25, -0.2) is 0 Å². The number of hydrogen-bond donors (Lipinski definition) is 1. The number of benzene rings is 1. The van der Waals surface area contributed by atoms with Crippen LogP contribution in [0.3, 0.4) is 0 Å². The first-order valence-corrected chi connectivity index (χ1v) is 6.43. The number of aryl methyl sites for hydroxylation is 1. The Morgan fingerprint density at radius 1 is 1.24 bits per heavy atom. The predicted molar refractivity (Wildman–Crippen MR) is 71.2 cm³/mol. The molecule has 0 amide bonds. The first kappa shape index (κ1) is 12.6. The molecule has 0 unspecified atom stereocenters. The Kier molecular flexibility index (Phi) is 3.28. The summed E-state index contributed by atoms with van der Waals surface area (Å²) in [6.07, 6.45) is 1.09. The van der Waals surface area contributed by atoms with Gasteiger partial charge in [-0.1, -0.05) is 45.0 Å². The van der Waals surface area contributed by atoms with Crippen molar-refractivity contribution in [3.8, 4) is 0 Å². The third-order valence-electron chi connectivity index (χ3n) is 4.42. The standard InChI is InChI=1S/C15H23NO/c1-4-12-5-7-13(8-6-12)15(10-17-11-15)14(2,3)9-16/h5-8H,4,9-11,16H2,1-3H3. The molecule has 0 saturated carbocycles. The third-order valence-corrected chi connectivity index (χ3v) is 4.42. The Balaban J connectivity index is 2.34. The summed E-state index contributed by atoms with van der Waals surface area (Å²) in [5, 5.41) is 0. The molecule has 1 fully saturated rings. The Labute approximate surface area is 104 Å². The molecular weight excluding hydrogens is 210 g/mol. The van der Waals surface area contributed by atoms with Crippen molar-refractivity contribution in [1.82, 2.24) is 0 Å². The highest BCUT2D eigenvalue weighted by Crippen LogP contribution is 2.46. The maximum atomic E-state index is 5.94. The van der Waals surface area contributed by atoms with Crippen LogP contribution in [0.5, 0.6) is 0 Å². The number of rotatable bonds is 4. The zero-order chi connectivity index (χ0) is 12.5. The zero-order valence-corrected chi connectivity index (χ0v) is 11.1. The fourth-order valence-electron chi connectivity index (χ4n) is 2.51. The molecule has 2 N–H and O–H groups in total. The van der Waals surface area contributed by atoms with Crippen LogP contribution in [0.1, 0.15) is 31.9 Å². The molecule has 0 aromatic heterocycles. The van der Waals surface area contributed by atoms with Gasteiger partial charge in [-0.05, 0) is 29.5 Å². The van der Waals surface area contributed by atoms with Gasteiger partial charge in [-0.3, -0.25) is 0 Å². The van der Waals surface area contributed by atoms with E-state index in [0.717, 1.165) is 19.6 Å². The van der Waals surface area contributed by atoms with Crippen LogP contribution in [0, 0.1) is 5.41 Å². The molecule has 0 radical (unpaired) electrons. The summed E-state index contributed by atoms with van der Waals surface area (Å²) in [5.41, 5.74) is 8.88. The Morgan fingerprint density at radius 3 is 2.18 bits per heavy atom. The van der Waals surface area contributed by atoms with Crippen LogP contribution in [-0.4, -0.2) is 19.8 Å².